The molecule has 2 aliphatic rings. The Bertz CT molecular complexity index is 950. The van der Waals surface area contributed by atoms with E-state index in [0.717, 1.165) is 19.3 Å². The van der Waals surface area contributed by atoms with E-state index >= 15 is 0 Å². The second-order valence-electron chi connectivity index (χ2n) is 11.1. The molecule has 2 saturated heterocycles. The summed E-state index contributed by atoms with van der Waals surface area (Å²) in [5.41, 5.74) is -1.19. The van der Waals surface area contributed by atoms with Crippen molar-refractivity contribution in [1.29, 1.82) is 0 Å². The van der Waals surface area contributed by atoms with E-state index in [1.54, 1.807) is 31.3 Å². The van der Waals surface area contributed by atoms with Crippen LogP contribution in [0.4, 0.5) is 0 Å². The Morgan fingerprint density at radius 1 is 1.20 bits per heavy atom. The minimum absolute atomic E-state index is 0.00882. The predicted molar refractivity (Wildman–Crippen MR) is 133 cm³/mol. The van der Waals surface area contributed by atoms with Crippen LogP contribution < -0.4 is 0 Å². The lowest BCUT2D eigenvalue weighted by molar-refractivity contribution is -0.164. The Labute approximate surface area is 212 Å². The average Bonchev–Trinajstić information content (AvgIpc) is 3.36. The van der Waals surface area contributed by atoms with Gasteiger partial charge >= 0.3 is 5.97 Å². The highest BCUT2D eigenvalue weighted by atomic mass is 35.5. The van der Waals surface area contributed by atoms with Crippen molar-refractivity contribution in [2.75, 3.05) is 0 Å². The van der Waals surface area contributed by atoms with Gasteiger partial charge < -0.3 is 19.7 Å². The zero-order valence-electron chi connectivity index (χ0n) is 21.3. The summed E-state index contributed by atoms with van der Waals surface area (Å²) in [4.78, 5) is 30.2. The molecule has 2 aliphatic heterocycles. The number of nitrogens with zero attached hydrogens (tertiary/aromatic N) is 1. The number of hydrogen-bond donors (Lipinski definition) is 2. The summed E-state index contributed by atoms with van der Waals surface area (Å²) in [6.07, 6.45) is 3.25. The van der Waals surface area contributed by atoms with Crippen molar-refractivity contribution in [3.63, 3.8) is 0 Å². The Kier molecular flexibility index (Phi) is 8.47. The van der Waals surface area contributed by atoms with Crippen LogP contribution >= 0.6 is 11.6 Å². The third-order valence-electron chi connectivity index (χ3n) is 7.46. The molecule has 35 heavy (non-hydrogen) atoms. The van der Waals surface area contributed by atoms with Gasteiger partial charge in [0, 0.05) is 24.0 Å². The van der Waals surface area contributed by atoms with Gasteiger partial charge in [-0.15, -0.1) is 0 Å². The number of carbonyl (C=O) groups excluding carboxylic acids is 2. The van der Waals surface area contributed by atoms with Gasteiger partial charge in [0.15, 0.2) is 12.2 Å². The molecule has 6 unspecified atom stereocenters. The number of aromatic nitrogens is 1. The van der Waals surface area contributed by atoms with Crippen LogP contribution in [0.25, 0.3) is 6.08 Å². The highest BCUT2D eigenvalue weighted by molar-refractivity contribution is 6.32. The van der Waals surface area contributed by atoms with Gasteiger partial charge in [-0.3, -0.25) is 14.6 Å². The van der Waals surface area contributed by atoms with Crippen molar-refractivity contribution < 1.29 is 29.3 Å². The largest absolute Gasteiger partial charge is 0.454 e. The van der Waals surface area contributed by atoms with Crippen LogP contribution in [-0.2, 0) is 19.1 Å². The molecule has 1 aromatic rings. The number of esters is 1. The first-order chi connectivity index (χ1) is 16.3. The molecule has 0 amide bonds. The molecule has 2 fully saturated rings. The maximum Gasteiger partial charge on any atom is 0.306 e. The Balaban J connectivity index is 1.90. The fourth-order valence-corrected chi connectivity index (χ4v) is 5.38. The number of rotatable bonds is 2. The lowest BCUT2D eigenvalue weighted by Gasteiger charge is -2.30. The molecular formula is C27H38ClNO6. The first-order valence-corrected chi connectivity index (χ1v) is 12.8. The van der Waals surface area contributed by atoms with Crippen molar-refractivity contribution in [2.45, 2.75) is 96.7 Å². The van der Waals surface area contributed by atoms with Crippen LogP contribution in [0.15, 0.2) is 29.4 Å². The number of hydrogen-bond acceptors (Lipinski definition) is 7. The van der Waals surface area contributed by atoms with Crippen molar-refractivity contribution >= 4 is 29.4 Å². The van der Waals surface area contributed by atoms with Crippen LogP contribution in [-0.4, -0.2) is 50.5 Å². The summed E-state index contributed by atoms with van der Waals surface area (Å²) in [6.45, 7) is 9.49. The number of carbonyl (C=O) groups is 2. The van der Waals surface area contributed by atoms with Gasteiger partial charge in [-0.05, 0) is 50.3 Å². The molecule has 0 aromatic carbocycles. The van der Waals surface area contributed by atoms with Gasteiger partial charge in [-0.1, -0.05) is 58.2 Å². The second kappa shape index (κ2) is 10.7. The van der Waals surface area contributed by atoms with E-state index in [1.165, 1.54) is 6.08 Å². The first-order valence-electron chi connectivity index (χ1n) is 12.4. The van der Waals surface area contributed by atoms with Crippen LogP contribution in [0.1, 0.15) is 78.8 Å². The van der Waals surface area contributed by atoms with Crippen molar-refractivity contribution in [3.8, 4) is 0 Å². The fourth-order valence-electron chi connectivity index (χ4n) is 5.10. The summed E-state index contributed by atoms with van der Waals surface area (Å²) in [6, 6.07) is 5.25. The smallest absolute Gasteiger partial charge is 0.306 e. The topological polar surface area (TPSA) is 109 Å². The average molecular weight is 508 g/mol. The van der Waals surface area contributed by atoms with E-state index in [2.05, 4.69) is 11.9 Å². The monoisotopic (exact) mass is 507 g/mol. The van der Waals surface area contributed by atoms with E-state index in [9.17, 15) is 19.8 Å². The quantitative estimate of drug-likeness (QED) is 0.443. The zero-order valence-corrected chi connectivity index (χ0v) is 22.0. The highest BCUT2D eigenvalue weighted by Gasteiger charge is 2.72. The number of aliphatic hydroxyl groups excluding tert-OH is 1. The summed E-state index contributed by atoms with van der Waals surface area (Å²) in [5.74, 6) is -2.22. The Morgan fingerprint density at radius 2 is 1.91 bits per heavy atom. The van der Waals surface area contributed by atoms with Crippen molar-refractivity contribution in [2.24, 2.45) is 17.3 Å². The van der Waals surface area contributed by atoms with E-state index < -0.39 is 35.0 Å². The first kappa shape index (κ1) is 27.8. The highest BCUT2D eigenvalue weighted by Crippen LogP contribution is 2.53. The number of aliphatic hydroxyl groups is 2. The number of fused-ring (bicyclic) bond motifs is 1. The van der Waals surface area contributed by atoms with E-state index in [1.807, 2.05) is 20.8 Å². The maximum atomic E-state index is 13.1. The van der Waals surface area contributed by atoms with Crippen LogP contribution in [0, 0.1) is 17.3 Å². The maximum absolute atomic E-state index is 13.1. The minimum atomic E-state index is -1.90. The van der Waals surface area contributed by atoms with Crippen LogP contribution in [0.5, 0.6) is 0 Å². The molecule has 0 aliphatic carbocycles. The number of Topliss-reactive ketones (excluding diaryl/α,β-unsaturated/α-hetero) is 1. The molecule has 0 bridgehead atoms. The number of cyclic esters (lactones) is 1. The summed E-state index contributed by atoms with van der Waals surface area (Å²) in [7, 11) is 0. The molecule has 3 rings (SSSR count). The predicted octanol–water partition coefficient (Wildman–Crippen LogP) is 4.63. The van der Waals surface area contributed by atoms with Gasteiger partial charge in [-0.2, -0.15) is 0 Å². The normalized spacial score (nSPS) is 37.3. The van der Waals surface area contributed by atoms with E-state index in [0.29, 0.717) is 24.5 Å². The standard InChI is InChI=1S/C27H38ClNO6/c1-17-9-8-12-26(5)27(33,35-26)24(32)22(20(28)16-19-10-6-7-14-29-19)34-21(30)11-13-25(3,4)23(31)18(2)15-17/h6-7,10,14,16-18,22,24,32-33H,8-9,11-13,15H2,1-5H3. The zero-order chi connectivity index (χ0) is 26.0. The lowest BCUT2D eigenvalue weighted by atomic mass is 9.75. The third kappa shape index (κ3) is 6.31. The summed E-state index contributed by atoms with van der Waals surface area (Å²) >= 11 is 6.53. The minimum Gasteiger partial charge on any atom is -0.454 e. The second-order valence-corrected chi connectivity index (χ2v) is 11.5. The number of pyridine rings is 1. The SMILES string of the molecule is CC1CCCC2(C)OC2(O)C(O)C(C(Cl)=Cc2ccccn2)OC(=O)CCC(C)(C)C(=O)C(C)C1. The molecular weight excluding hydrogens is 470 g/mol. The van der Waals surface area contributed by atoms with Gasteiger partial charge in [0.25, 0.3) is 0 Å². The fraction of sp³-hybridized carbons (Fsp3) is 0.667. The molecule has 0 spiro atoms. The van der Waals surface area contributed by atoms with E-state index in [4.69, 9.17) is 21.1 Å². The number of epoxide rings is 1. The number of halogens is 1. The van der Waals surface area contributed by atoms with Crippen molar-refractivity contribution in [3.05, 3.63) is 35.1 Å². The van der Waals surface area contributed by atoms with Gasteiger partial charge in [0.2, 0.25) is 5.79 Å². The molecule has 7 nitrogen and oxygen atoms in total. The van der Waals surface area contributed by atoms with Gasteiger partial charge in [-0.25, -0.2) is 0 Å². The molecule has 194 valence electrons. The molecule has 8 heteroatoms. The third-order valence-corrected chi connectivity index (χ3v) is 7.79. The molecule has 6 atom stereocenters. The van der Waals surface area contributed by atoms with Crippen molar-refractivity contribution in [1.82, 2.24) is 4.98 Å². The van der Waals surface area contributed by atoms with E-state index in [-0.39, 0.29) is 23.2 Å². The molecule has 1 aromatic heterocycles. The summed E-state index contributed by atoms with van der Waals surface area (Å²) in [5, 5.41) is 22.3. The lowest BCUT2D eigenvalue weighted by Crippen LogP contribution is -2.46. The number of ether oxygens (including phenoxy) is 2. The summed E-state index contributed by atoms with van der Waals surface area (Å²) < 4.78 is 11.3. The van der Waals surface area contributed by atoms with Gasteiger partial charge in [0.1, 0.15) is 11.4 Å². The molecule has 2 N–H and O–H groups in total. The molecule has 0 radical (unpaired) electrons. The van der Waals surface area contributed by atoms with Crippen LogP contribution in [0.2, 0.25) is 0 Å². The van der Waals surface area contributed by atoms with Crippen LogP contribution in [0.3, 0.4) is 0 Å². The molecule has 0 saturated carbocycles. The number of ketones is 1. The molecule has 3 heterocycles. The Hall–Kier alpha value is -1.80. The van der Waals surface area contributed by atoms with Gasteiger partial charge in [0.05, 0.1) is 10.7 Å². The Morgan fingerprint density at radius 3 is 2.57 bits per heavy atom.